The van der Waals surface area contributed by atoms with Crippen LogP contribution in [-0.4, -0.2) is 16.7 Å². The van der Waals surface area contributed by atoms with Gasteiger partial charge in [-0.05, 0) is 31.5 Å². The molecule has 0 aliphatic heterocycles. The van der Waals surface area contributed by atoms with Crippen molar-refractivity contribution in [2.75, 3.05) is 5.32 Å². The molecule has 0 saturated heterocycles. The van der Waals surface area contributed by atoms with E-state index in [-0.39, 0.29) is 5.96 Å². The first kappa shape index (κ1) is 17.6. The third kappa shape index (κ3) is 4.46. The largest absolute Gasteiger partial charge is 0.369 e. The van der Waals surface area contributed by atoms with E-state index in [9.17, 15) is 0 Å². The van der Waals surface area contributed by atoms with Gasteiger partial charge in [0.1, 0.15) is 0 Å². The second-order valence-electron chi connectivity index (χ2n) is 5.82. The monoisotopic (exact) mass is 364 g/mol. The van der Waals surface area contributed by atoms with Gasteiger partial charge in [-0.1, -0.05) is 42.0 Å². The quantitative estimate of drug-likeness (QED) is 0.363. The van der Waals surface area contributed by atoms with E-state index < -0.39 is 0 Å². The van der Waals surface area contributed by atoms with Gasteiger partial charge in [0.25, 0.3) is 0 Å². The molecule has 0 amide bonds. The average molecular weight is 364 g/mol. The Morgan fingerprint density at radius 3 is 2.35 bits per heavy atom. The SMILES string of the molecule is C/C(=N\N=C(N)N)c1ccc(Nc2nc(-c3ccc(C)cc3)cs2)cc1. The third-order valence-corrected chi connectivity index (χ3v) is 4.48. The number of rotatable bonds is 5. The highest BCUT2D eigenvalue weighted by Crippen LogP contribution is 2.27. The zero-order valence-corrected chi connectivity index (χ0v) is 15.4. The number of nitrogens with one attached hydrogen (secondary N) is 1. The van der Waals surface area contributed by atoms with E-state index >= 15 is 0 Å². The van der Waals surface area contributed by atoms with Gasteiger partial charge in [0, 0.05) is 16.6 Å². The second-order valence-corrected chi connectivity index (χ2v) is 6.67. The molecule has 0 unspecified atom stereocenters. The minimum Gasteiger partial charge on any atom is -0.369 e. The number of anilines is 2. The summed E-state index contributed by atoms with van der Waals surface area (Å²) < 4.78 is 0. The lowest BCUT2D eigenvalue weighted by atomic mass is 10.1. The van der Waals surface area contributed by atoms with Gasteiger partial charge in [-0.2, -0.15) is 5.10 Å². The lowest BCUT2D eigenvalue weighted by Crippen LogP contribution is -2.22. The van der Waals surface area contributed by atoms with Gasteiger partial charge >= 0.3 is 0 Å². The first-order valence-electron chi connectivity index (χ1n) is 8.04. The minimum absolute atomic E-state index is 0.0595. The Kier molecular flexibility index (Phi) is 5.28. The number of nitrogens with two attached hydrogens (primary N) is 2. The predicted molar refractivity (Wildman–Crippen MR) is 110 cm³/mol. The van der Waals surface area contributed by atoms with Crippen LogP contribution in [0.15, 0.2) is 64.1 Å². The van der Waals surface area contributed by atoms with Crippen LogP contribution in [0.2, 0.25) is 0 Å². The summed E-state index contributed by atoms with van der Waals surface area (Å²) in [7, 11) is 0. The fourth-order valence-corrected chi connectivity index (χ4v) is 3.04. The van der Waals surface area contributed by atoms with Gasteiger partial charge in [-0.3, -0.25) is 0 Å². The van der Waals surface area contributed by atoms with E-state index in [0.717, 1.165) is 33.4 Å². The summed E-state index contributed by atoms with van der Waals surface area (Å²) in [5.74, 6) is -0.0595. The molecule has 0 saturated carbocycles. The van der Waals surface area contributed by atoms with Gasteiger partial charge < -0.3 is 16.8 Å². The van der Waals surface area contributed by atoms with Gasteiger partial charge in [0.2, 0.25) is 5.96 Å². The van der Waals surface area contributed by atoms with E-state index in [1.165, 1.54) is 5.56 Å². The maximum Gasteiger partial charge on any atom is 0.211 e. The smallest absolute Gasteiger partial charge is 0.211 e. The number of aromatic nitrogens is 1. The number of aryl methyl sites for hydroxylation is 1. The molecule has 26 heavy (non-hydrogen) atoms. The van der Waals surface area contributed by atoms with E-state index in [1.807, 2.05) is 36.6 Å². The van der Waals surface area contributed by atoms with Gasteiger partial charge in [0.15, 0.2) is 5.13 Å². The molecule has 1 heterocycles. The summed E-state index contributed by atoms with van der Waals surface area (Å²) in [4.78, 5) is 4.65. The Balaban J connectivity index is 1.71. The molecule has 0 bridgehead atoms. The molecule has 7 heteroatoms. The lowest BCUT2D eigenvalue weighted by Gasteiger charge is -2.04. The van der Waals surface area contributed by atoms with Crippen molar-refractivity contribution in [1.29, 1.82) is 0 Å². The van der Waals surface area contributed by atoms with Crippen LogP contribution < -0.4 is 16.8 Å². The van der Waals surface area contributed by atoms with Crippen molar-refractivity contribution in [3.05, 3.63) is 65.0 Å². The van der Waals surface area contributed by atoms with E-state index in [2.05, 4.69) is 51.7 Å². The zero-order chi connectivity index (χ0) is 18.5. The Morgan fingerprint density at radius 1 is 1.00 bits per heavy atom. The van der Waals surface area contributed by atoms with Crippen LogP contribution >= 0.6 is 11.3 Å². The van der Waals surface area contributed by atoms with Crippen LogP contribution in [0, 0.1) is 6.92 Å². The fraction of sp³-hybridized carbons (Fsp3) is 0.105. The molecule has 0 atom stereocenters. The molecule has 6 nitrogen and oxygen atoms in total. The minimum atomic E-state index is -0.0595. The molecule has 0 spiro atoms. The van der Waals surface area contributed by atoms with Crippen molar-refractivity contribution >= 4 is 33.8 Å². The number of guanidine groups is 1. The fourth-order valence-electron chi connectivity index (χ4n) is 2.30. The highest BCUT2D eigenvalue weighted by molar-refractivity contribution is 7.14. The van der Waals surface area contributed by atoms with Crippen molar-refractivity contribution in [3.8, 4) is 11.3 Å². The third-order valence-electron chi connectivity index (χ3n) is 3.72. The molecule has 1 aromatic heterocycles. The number of hydrogen-bond acceptors (Lipinski definition) is 5. The van der Waals surface area contributed by atoms with Crippen molar-refractivity contribution < 1.29 is 0 Å². The summed E-state index contributed by atoms with van der Waals surface area (Å²) in [6, 6.07) is 16.2. The summed E-state index contributed by atoms with van der Waals surface area (Å²) in [5, 5.41) is 13.9. The normalized spacial score (nSPS) is 11.2. The molecule has 0 radical (unpaired) electrons. The van der Waals surface area contributed by atoms with E-state index in [4.69, 9.17) is 11.5 Å². The van der Waals surface area contributed by atoms with E-state index in [1.54, 1.807) is 11.3 Å². The molecule has 0 fully saturated rings. The molecule has 2 aromatic carbocycles. The van der Waals surface area contributed by atoms with Crippen LogP contribution in [0.1, 0.15) is 18.1 Å². The topological polar surface area (TPSA) is 102 Å². The van der Waals surface area contributed by atoms with Gasteiger partial charge in [-0.25, -0.2) is 4.98 Å². The van der Waals surface area contributed by atoms with Crippen molar-refractivity contribution in [2.45, 2.75) is 13.8 Å². The van der Waals surface area contributed by atoms with Crippen LogP contribution in [0.5, 0.6) is 0 Å². The standard InChI is InChI=1S/C19H20N6S/c1-12-3-5-15(6-4-12)17-11-26-19(23-17)22-16-9-7-14(8-10-16)13(2)24-25-18(20)21/h3-11H,1-2H3,(H,22,23)(H4,20,21,25)/b24-13+. The van der Waals surface area contributed by atoms with Gasteiger partial charge in [0.05, 0.1) is 11.4 Å². The Bertz CT molecular complexity index is 935. The number of thiazole rings is 1. The van der Waals surface area contributed by atoms with Gasteiger partial charge in [-0.15, -0.1) is 16.4 Å². The van der Waals surface area contributed by atoms with Crippen molar-refractivity contribution in [1.82, 2.24) is 4.98 Å². The summed E-state index contributed by atoms with van der Waals surface area (Å²) >= 11 is 1.57. The summed E-state index contributed by atoms with van der Waals surface area (Å²) in [6.45, 7) is 3.93. The lowest BCUT2D eigenvalue weighted by molar-refractivity contribution is 1.20. The Hall–Kier alpha value is -3.19. The highest BCUT2D eigenvalue weighted by atomic mass is 32.1. The zero-order valence-electron chi connectivity index (χ0n) is 14.6. The number of nitrogens with zero attached hydrogens (tertiary/aromatic N) is 3. The molecular formula is C19H20N6S. The Morgan fingerprint density at radius 2 is 1.69 bits per heavy atom. The van der Waals surface area contributed by atoms with E-state index in [0.29, 0.717) is 0 Å². The van der Waals surface area contributed by atoms with Crippen molar-refractivity contribution in [2.24, 2.45) is 21.7 Å². The second kappa shape index (κ2) is 7.79. The first-order valence-corrected chi connectivity index (χ1v) is 8.92. The molecular weight excluding hydrogens is 344 g/mol. The maximum absolute atomic E-state index is 5.29. The number of hydrogen-bond donors (Lipinski definition) is 3. The summed E-state index contributed by atoms with van der Waals surface area (Å²) in [5.41, 5.74) is 16.5. The predicted octanol–water partition coefficient (Wildman–Crippen LogP) is 3.86. The van der Waals surface area contributed by atoms with Crippen LogP contribution in [0.25, 0.3) is 11.3 Å². The van der Waals surface area contributed by atoms with Crippen LogP contribution in [0.4, 0.5) is 10.8 Å². The molecule has 0 aliphatic rings. The summed E-state index contributed by atoms with van der Waals surface area (Å²) in [6.07, 6.45) is 0. The van der Waals surface area contributed by atoms with Crippen LogP contribution in [0.3, 0.4) is 0 Å². The molecule has 3 aromatic rings. The first-order chi connectivity index (χ1) is 12.5. The average Bonchev–Trinajstić information content (AvgIpc) is 3.09. The maximum atomic E-state index is 5.29. The number of benzene rings is 2. The Labute approximate surface area is 156 Å². The molecule has 3 rings (SSSR count). The highest BCUT2D eigenvalue weighted by Gasteiger charge is 2.05. The van der Waals surface area contributed by atoms with Crippen LogP contribution in [-0.2, 0) is 0 Å². The van der Waals surface area contributed by atoms with Crippen molar-refractivity contribution in [3.63, 3.8) is 0 Å². The molecule has 5 N–H and O–H groups in total. The molecule has 0 aliphatic carbocycles. The molecule has 132 valence electrons.